The van der Waals surface area contributed by atoms with Crippen LogP contribution in [0.2, 0.25) is 0 Å². The Morgan fingerprint density at radius 1 is 1.40 bits per heavy atom. The molecule has 0 radical (unpaired) electrons. The maximum absolute atomic E-state index is 11.9. The monoisotopic (exact) mass is 223 g/mol. The van der Waals surface area contributed by atoms with Gasteiger partial charge in [0.25, 0.3) is 0 Å². The van der Waals surface area contributed by atoms with Crippen LogP contribution in [-0.4, -0.2) is 4.21 Å². The molecular formula is C13H18OS. The number of benzene rings is 1. The number of hydrogen-bond acceptors (Lipinski definition) is 1. The van der Waals surface area contributed by atoms with Crippen molar-refractivity contribution in [1.29, 1.82) is 0 Å². The number of hydrogen-bond donors (Lipinski definition) is 0. The number of rotatable bonds is 5. The normalized spacial score (nSPS) is 14.8. The maximum atomic E-state index is 11.9. The van der Waals surface area contributed by atoms with Crippen LogP contribution in [0, 0.1) is 6.92 Å². The predicted octanol–water partition coefficient (Wildman–Crippen LogP) is 3.81. The van der Waals surface area contributed by atoms with E-state index in [-0.39, 0.29) is 5.38 Å². The number of allylic oxidation sites excluding steroid dienone is 1. The first-order valence-corrected chi connectivity index (χ1v) is 6.45. The van der Waals surface area contributed by atoms with Gasteiger partial charge in [-0.3, -0.25) is 0 Å². The first-order chi connectivity index (χ1) is 7.65. The highest BCUT2D eigenvalue weighted by Gasteiger charge is 1.97. The molecule has 1 atom stereocenters. The van der Waals surface area contributed by atoms with E-state index < -0.39 is 10.8 Å². The van der Waals surface area contributed by atoms with E-state index in [0.29, 0.717) is 4.90 Å². The molecule has 0 bridgehead atoms. The molecule has 0 aromatic heterocycles. The van der Waals surface area contributed by atoms with Gasteiger partial charge in [-0.2, -0.15) is 0 Å². The van der Waals surface area contributed by atoms with Crippen molar-refractivity contribution in [2.24, 2.45) is 0 Å². The van der Waals surface area contributed by atoms with Crippen LogP contribution in [0.25, 0.3) is 0 Å². The third-order valence-electron chi connectivity index (χ3n) is 2.13. The Balaban J connectivity index is 2.70. The average molecular weight is 223 g/mol. The summed E-state index contributed by atoms with van der Waals surface area (Å²) in [6.07, 6.45) is 4.75. The molecule has 2 heteroatoms. The molecule has 15 heavy (non-hydrogen) atoms. The van der Waals surface area contributed by atoms with E-state index in [9.17, 15) is 4.21 Å². The van der Waals surface area contributed by atoms with Crippen molar-refractivity contribution < 1.29 is 5.58 Å². The van der Waals surface area contributed by atoms with Crippen LogP contribution >= 0.6 is 0 Å². The van der Waals surface area contributed by atoms with Gasteiger partial charge < -0.3 is 0 Å². The van der Waals surface area contributed by atoms with Crippen molar-refractivity contribution in [3.8, 4) is 0 Å². The fourth-order valence-electron chi connectivity index (χ4n) is 1.17. The Bertz CT molecular complexity index is 381. The Hall–Kier alpha value is -0.890. The van der Waals surface area contributed by atoms with Crippen LogP contribution in [0.1, 0.15) is 33.1 Å². The molecule has 1 aromatic carbocycles. The maximum Gasteiger partial charge on any atom is 0.0772 e. The second kappa shape index (κ2) is 6.57. The molecule has 0 aliphatic carbocycles. The molecule has 0 spiro atoms. The Kier molecular flexibility index (Phi) is 4.65. The van der Waals surface area contributed by atoms with Crippen LogP contribution in [-0.2, 0) is 10.8 Å². The van der Waals surface area contributed by atoms with E-state index in [1.807, 2.05) is 31.2 Å². The molecule has 0 N–H and O–H groups in total. The van der Waals surface area contributed by atoms with Gasteiger partial charge in [-0.25, -0.2) is 4.21 Å². The lowest BCUT2D eigenvalue weighted by atomic mass is 10.2. The zero-order chi connectivity index (χ0) is 12.0. The molecule has 0 aliphatic heterocycles. The molecule has 1 nitrogen and oxygen atoms in total. The lowest BCUT2D eigenvalue weighted by Crippen LogP contribution is -1.86. The summed E-state index contributed by atoms with van der Waals surface area (Å²) in [7, 11) is -1.31. The smallest absolute Gasteiger partial charge is 0.0772 e. The van der Waals surface area contributed by atoms with Crippen molar-refractivity contribution >= 4 is 10.8 Å². The highest BCUT2D eigenvalue weighted by Crippen LogP contribution is 2.09. The highest BCUT2D eigenvalue weighted by atomic mass is 32.2. The molecular weight excluding hydrogens is 204 g/mol. The first kappa shape index (κ1) is 10.6. The Labute approximate surface area is 96.1 Å². The fraction of sp³-hybridized carbons (Fsp3) is 0.385. The zero-order valence-electron chi connectivity index (χ0n) is 10.3. The third kappa shape index (κ3) is 4.43. The van der Waals surface area contributed by atoms with Gasteiger partial charge in [0.1, 0.15) is 0 Å². The van der Waals surface area contributed by atoms with Gasteiger partial charge in [-0.1, -0.05) is 43.5 Å². The molecule has 0 fully saturated rings. The van der Waals surface area contributed by atoms with Gasteiger partial charge in [-0.05, 0) is 25.5 Å². The molecule has 0 saturated heterocycles. The van der Waals surface area contributed by atoms with E-state index in [0.717, 1.165) is 24.8 Å². The molecule has 0 aliphatic rings. The quantitative estimate of drug-likeness (QED) is 0.694. The second-order valence-electron chi connectivity index (χ2n) is 3.55. The minimum Gasteiger partial charge on any atom is -0.250 e. The summed E-state index contributed by atoms with van der Waals surface area (Å²) in [5.74, 6) is 0. The van der Waals surface area contributed by atoms with Crippen molar-refractivity contribution in [2.45, 2.75) is 38.0 Å². The van der Waals surface area contributed by atoms with Crippen LogP contribution in [0.4, 0.5) is 0 Å². The van der Waals surface area contributed by atoms with Gasteiger partial charge >= 0.3 is 0 Å². The number of aryl methyl sites for hydroxylation is 1. The topological polar surface area (TPSA) is 17.1 Å². The van der Waals surface area contributed by atoms with Crippen molar-refractivity contribution in [3.05, 3.63) is 41.3 Å². The molecule has 1 aromatic rings. The average Bonchev–Trinajstić information content (AvgIpc) is 2.29. The zero-order valence-corrected chi connectivity index (χ0v) is 10.1. The third-order valence-corrected chi connectivity index (χ3v) is 3.21. The van der Waals surface area contributed by atoms with E-state index >= 15 is 0 Å². The Morgan fingerprint density at radius 3 is 2.67 bits per heavy atom. The first-order valence-electron chi connectivity index (χ1n) is 5.80. The molecule has 82 valence electrons. The summed E-state index contributed by atoms with van der Waals surface area (Å²) >= 11 is 0. The van der Waals surface area contributed by atoms with Crippen molar-refractivity contribution in [3.63, 3.8) is 0 Å². The molecule has 0 heterocycles. The fourth-order valence-corrected chi connectivity index (χ4v) is 1.96. The summed E-state index contributed by atoms with van der Waals surface area (Å²) < 4.78 is 19.6. The summed E-state index contributed by atoms with van der Waals surface area (Å²) in [4.78, 5) is 0.711. The Morgan fingerprint density at radius 2 is 2.07 bits per heavy atom. The molecule has 0 saturated carbocycles. The molecule has 1 rings (SSSR count). The van der Waals surface area contributed by atoms with E-state index in [2.05, 4.69) is 6.92 Å². The summed E-state index contributed by atoms with van der Waals surface area (Å²) in [5.41, 5.74) is 1.14. The van der Waals surface area contributed by atoms with Crippen LogP contribution in [0.3, 0.4) is 0 Å². The highest BCUT2D eigenvalue weighted by molar-refractivity contribution is 7.88. The van der Waals surface area contributed by atoms with E-state index in [4.69, 9.17) is 1.37 Å². The minimum absolute atomic E-state index is 0.220. The van der Waals surface area contributed by atoms with Gasteiger partial charge in [0, 0.05) is 10.3 Å². The number of unbranched alkanes of at least 4 members (excludes halogenated alkanes) is 2. The summed E-state index contributed by atoms with van der Waals surface area (Å²) in [6.45, 7) is 4.10. The standard InChI is InChI=1S/C13H18OS/c1-3-4-5-6-11-15(14)13-9-7-12(2)8-10-13/h6-11H,3-5H2,1-2H3/b11-6-/i11D. The lowest BCUT2D eigenvalue weighted by Gasteiger charge is -1.97. The minimum atomic E-state index is -1.31. The van der Waals surface area contributed by atoms with Gasteiger partial charge in [0.15, 0.2) is 0 Å². The van der Waals surface area contributed by atoms with Gasteiger partial charge in [-0.15, -0.1) is 0 Å². The van der Waals surface area contributed by atoms with Crippen LogP contribution in [0.5, 0.6) is 0 Å². The molecule has 1 unspecified atom stereocenters. The lowest BCUT2D eigenvalue weighted by molar-refractivity contribution is 0.688. The van der Waals surface area contributed by atoms with Gasteiger partial charge in [0.05, 0.1) is 12.2 Å². The van der Waals surface area contributed by atoms with E-state index in [1.165, 1.54) is 0 Å². The van der Waals surface area contributed by atoms with Crippen molar-refractivity contribution in [1.82, 2.24) is 0 Å². The predicted molar refractivity (Wildman–Crippen MR) is 66.3 cm³/mol. The summed E-state index contributed by atoms with van der Waals surface area (Å²) in [6, 6.07) is 7.50. The SMILES string of the molecule is [2H]/C(=C/CCCC)S(=O)c1ccc(C)cc1. The summed E-state index contributed by atoms with van der Waals surface area (Å²) in [5, 5.41) is 0.220. The second-order valence-corrected chi connectivity index (χ2v) is 4.79. The van der Waals surface area contributed by atoms with Crippen LogP contribution in [0.15, 0.2) is 40.6 Å². The van der Waals surface area contributed by atoms with Crippen LogP contribution < -0.4 is 0 Å². The largest absolute Gasteiger partial charge is 0.250 e. The van der Waals surface area contributed by atoms with Crippen molar-refractivity contribution in [2.75, 3.05) is 0 Å². The molecule has 0 amide bonds. The van der Waals surface area contributed by atoms with E-state index in [1.54, 1.807) is 6.08 Å². The van der Waals surface area contributed by atoms with Gasteiger partial charge in [0.2, 0.25) is 0 Å².